The van der Waals surface area contributed by atoms with E-state index in [9.17, 15) is 0 Å². The molecule has 0 radical (unpaired) electrons. The van der Waals surface area contributed by atoms with E-state index in [2.05, 4.69) is 0 Å². The Morgan fingerprint density at radius 2 is 2.00 bits per heavy atom. The minimum absolute atomic E-state index is 0.312. The van der Waals surface area contributed by atoms with Crippen LogP contribution in [0.5, 0.6) is 0 Å². The van der Waals surface area contributed by atoms with Crippen molar-refractivity contribution in [2.75, 3.05) is 0 Å². The third-order valence-electron chi connectivity index (χ3n) is 1.85. The maximum atomic E-state index is 9.04. The van der Waals surface area contributed by atoms with Crippen LogP contribution >= 0.6 is 0 Å². The van der Waals surface area contributed by atoms with E-state index in [1.54, 1.807) is 13.0 Å². The van der Waals surface area contributed by atoms with Crippen LogP contribution in [0.15, 0.2) is 22.9 Å². The molecule has 1 aliphatic rings. The summed E-state index contributed by atoms with van der Waals surface area (Å²) in [5.74, 6) is 0.312. The minimum Gasteiger partial charge on any atom is -0.512 e. The van der Waals surface area contributed by atoms with Gasteiger partial charge in [0.15, 0.2) is 0 Å². The highest BCUT2D eigenvalue weighted by atomic mass is 16.4. The average Bonchev–Trinajstić information content (AvgIpc) is 1.85. The molecule has 0 bridgehead atoms. The van der Waals surface area contributed by atoms with Crippen LogP contribution in [0.4, 0.5) is 0 Å². The first kappa shape index (κ1) is 8.36. The fourth-order valence-corrected chi connectivity index (χ4v) is 1.21. The van der Waals surface area contributed by atoms with Gasteiger partial charge in [-0.2, -0.15) is 0 Å². The van der Waals surface area contributed by atoms with Crippen LogP contribution in [0.2, 0.25) is 0 Å². The summed E-state index contributed by atoms with van der Waals surface area (Å²) in [7, 11) is -1.38. The maximum Gasteiger partial charge on any atom is 0.484 e. The molecule has 0 spiro atoms. The summed E-state index contributed by atoms with van der Waals surface area (Å²) >= 11 is 0. The third kappa shape index (κ3) is 1.85. The Kier molecular flexibility index (Phi) is 2.36. The van der Waals surface area contributed by atoms with Crippen molar-refractivity contribution < 1.29 is 15.2 Å². The van der Waals surface area contributed by atoms with Crippen LogP contribution < -0.4 is 0 Å². The van der Waals surface area contributed by atoms with Gasteiger partial charge in [-0.3, -0.25) is 0 Å². The Hall–Kier alpha value is -0.735. The van der Waals surface area contributed by atoms with E-state index in [0.717, 1.165) is 5.57 Å². The Morgan fingerprint density at radius 1 is 1.36 bits per heavy atom. The zero-order chi connectivity index (χ0) is 8.43. The number of allylic oxidation sites excluding steroid dienone is 4. The Labute approximate surface area is 65.8 Å². The molecule has 3 N–H and O–H groups in total. The van der Waals surface area contributed by atoms with Gasteiger partial charge < -0.3 is 15.2 Å². The number of rotatable bonds is 1. The predicted octanol–water partition coefficient (Wildman–Crippen LogP) is 0.551. The second-order valence-corrected chi connectivity index (χ2v) is 2.72. The Morgan fingerprint density at radius 3 is 2.45 bits per heavy atom. The van der Waals surface area contributed by atoms with Crippen molar-refractivity contribution in [1.29, 1.82) is 0 Å². The molecule has 1 aliphatic carbocycles. The summed E-state index contributed by atoms with van der Waals surface area (Å²) in [5.41, 5.74) is 1.35. The van der Waals surface area contributed by atoms with Gasteiger partial charge in [-0.25, -0.2) is 0 Å². The van der Waals surface area contributed by atoms with Gasteiger partial charge in [-0.15, -0.1) is 0 Å². The quantitative estimate of drug-likeness (QED) is 0.483. The predicted molar refractivity (Wildman–Crippen MR) is 42.8 cm³/mol. The van der Waals surface area contributed by atoms with Crippen LogP contribution in [-0.4, -0.2) is 22.3 Å². The molecule has 0 heterocycles. The summed E-state index contributed by atoms with van der Waals surface area (Å²) in [5, 5.41) is 26.7. The molecule has 0 saturated carbocycles. The molecular formula is C7H11BO3. The molecule has 0 aromatic rings. The summed E-state index contributed by atoms with van der Waals surface area (Å²) in [6.07, 6.45) is 2.61. The highest BCUT2D eigenvalue weighted by molar-refractivity contribution is 6.51. The van der Waals surface area contributed by atoms with Gasteiger partial charge >= 0.3 is 7.12 Å². The molecule has 0 aromatic carbocycles. The monoisotopic (exact) mass is 154 g/mol. The lowest BCUT2D eigenvalue weighted by Crippen LogP contribution is -2.18. The van der Waals surface area contributed by atoms with Gasteiger partial charge in [0.25, 0.3) is 0 Å². The van der Waals surface area contributed by atoms with Crippen LogP contribution in [-0.2, 0) is 0 Å². The summed E-state index contributed by atoms with van der Waals surface area (Å²) in [6, 6.07) is 0. The van der Waals surface area contributed by atoms with Crippen molar-refractivity contribution in [3.63, 3.8) is 0 Å². The highest BCUT2D eigenvalue weighted by Crippen LogP contribution is 2.22. The van der Waals surface area contributed by atoms with Crippen LogP contribution in [0.25, 0.3) is 0 Å². The fraction of sp³-hybridized carbons (Fsp3) is 0.429. The standard InChI is InChI=1S/C7H11BO3/c1-5-4-6(9)2-3-7(5)8(10)11/h4,9-11H,2-3H2,1H3. The molecule has 60 valence electrons. The second kappa shape index (κ2) is 3.11. The number of aliphatic hydroxyl groups is 1. The molecule has 0 saturated heterocycles. The summed E-state index contributed by atoms with van der Waals surface area (Å²) < 4.78 is 0. The van der Waals surface area contributed by atoms with Crippen LogP contribution in [0.1, 0.15) is 19.8 Å². The topological polar surface area (TPSA) is 60.7 Å². The second-order valence-electron chi connectivity index (χ2n) is 2.72. The largest absolute Gasteiger partial charge is 0.512 e. The third-order valence-corrected chi connectivity index (χ3v) is 1.85. The lowest BCUT2D eigenvalue weighted by molar-refractivity contribution is 0.380. The highest BCUT2D eigenvalue weighted by Gasteiger charge is 2.19. The lowest BCUT2D eigenvalue weighted by atomic mass is 9.72. The van der Waals surface area contributed by atoms with Crippen LogP contribution in [0.3, 0.4) is 0 Å². The molecule has 4 heteroatoms. The first-order valence-electron chi connectivity index (χ1n) is 3.56. The maximum absolute atomic E-state index is 9.04. The first-order valence-corrected chi connectivity index (χ1v) is 3.56. The Balaban J connectivity index is 2.86. The molecule has 0 aliphatic heterocycles. The SMILES string of the molecule is CC1=C(B(O)O)CCC(O)=C1. The molecular weight excluding hydrogens is 143 g/mol. The first-order chi connectivity index (χ1) is 5.11. The lowest BCUT2D eigenvalue weighted by Gasteiger charge is -2.13. The van der Waals surface area contributed by atoms with Crippen LogP contribution in [0, 0.1) is 0 Å². The number of aliphatic hydroxyl groups excluding tert-OH is 1. The van der Waals surface area contributed by atoms with Gasteiger partial charge in [0.2, 0.25) is 0 Å². The number of hydrogen-bond donors (Lipinski definition) is 3. The average molecular weight is 154 g/mol. The minimum atomic E-state index is -1.38. The van der Waals surface area contributed by atoms with Gasteiger partial charge in [0, 0.05) is 6.42 Å². The molecule has 1 rings (SSSR count). The van der Waals surface area contributed by atoms with Crippen molar-refractivity contribution in [3.05, 3.63) is 22.9 Å². The zero-order valence-corrected chi connectivity index (χ0v) is 6.41. The van der Waals surface area contributed by atoms with E-state index in [1.807, 2.05) is 0 Å². The molecule has 0 amide bonds. The van der Waals surface area contributed by atoms with E-state index < -0.39 is 7.12 Å². The molecule has 0 aromatic heterocycles. The zero-order valence-electron chi connectivity index (χ0n) is 6.41. The molecule has 0 atom stereocenters. The van der Waals surface area contributed by atoms with E-state index in [0.29, 0.717) is 24.1 Å². The normalized spacial score (nSPS) is 18.3. The number of hydrogen-bond acceptors (Lipinski definition) is 3. The fourth-order valence-electron chi connectivity index (χ4n) is 1.21. The molecule has 0 unspecified atom stereocenters. The van der Waals surface area contributed by atoms with E-state index in [-0.39, 0.29) is 0 Å². The van der Waals surface area contributed by atoms with Crippen molar-refractivity contribution in [2.45, 2.75) is 19.8 Å². The van der Waals surface area contributed by atoms with Gasteiger partial charge in [0.05, 0.1) is 5.76 Å². The molecule has 3 nitrogen and oxygen atoms in total. The van der Waals surface area contributed by atoms with Crippen molar-refractivity contribution in [3.8, 4) is 0 Å². The van der Waals surface area contributed by atoms with Crippen molar-refractivity contribution in [1.82, 2.24) is 0 Å². The summed E-state index contributed by atoms with van der Waals surface area (Å²) in [6.45, 7) is 1.75. The van der Waals surface area contributed by atoms with E-state index >= 15 is 0 Å². The van der Waals surface area contributed by atoms with Crippen molar-refractivity contribution >= 4 is 7.12 Å². The molecule has 0 fully saturated rings. The smallest absolute Gasteiger partial charge is 0.484 e. The van der Waals surface area contributed by atoms with Gasteiger partial charge in [-0.1, -0.05) is 5.57 Å². The summed E-state index contributed by atoms with van der Waals surface area (Å²) in [4.78, 5) is 0. The molecule has 11 heavy (non-hydrogen) atoms. The van der Waals surface area contributed by atoms with Gasteiger partial charge in [0.1, 0.15) is 0 Å². The Bertz CT molecular complexity index is 218. The van der Waals surface area contributed by atoms with E-state index in [1.165, 1.54) is 0 Å². The van der Waals surface area contributed by atoms with Gasteiger partial charge in [-0.05, 0) is 24.9 Å². The van der Waals surface area contributed by atoms with E-state index in [4.69, 9.17) is 15.2 Å². The van der Waals surface area contributed by atoms with Crippen molar-refractivity contribution in [2.24, 2.45) is 0 Å².